The van der Waals surface area contributed by atoms with Gasteiger partial charge in [-0.2, -0.15) is 0 Å². The number of nitrogens with one attached hydrogen (secondary N) is 2. The lowest BCUT2D eigenvalue weighted by molar-refractivity contribution is 0.0954. The van der Waals surface area contributed by atoms with Crippen LogP contribution in [0, 0.1) is 5.82 Å². The molecule has 28 heavy (non-hydrogen) atoms. The molecule has 3 rings (SSSR count). The first-order valence-corrected chi connectivity index (χ1v) is 8.95. The van der Waals surface area contributed by atoms with Crippen LogP contribution in [0.25, 0.3) is 0 Å². The second kappa shape index (κ2) is 9.10. The van der Waals surface area contributed by atoms with Crippen molar-refractivity contribution in [1.82, 2.24) is 10.3 Å². The number of rotatable bonds is 6. The van der Waals surface area contributed by atoms with Crippen LogP contribution in [0.1, 0.15) is 26.4 Å². The van der Waals surface area contributed by atoms with Gasteiger partial charge in [-0.3, -0.25) is 14.6 Å². The van der Waals surface area contributed by atoms with Crippen LogP contribution in [0.15, 0.2) is 66.9 Å². The average Bonchev–Trinajstić information content (AvgIpc) is 2.68. The number of pyridine rings is 1. The van der Waals surface area contributed by atoms with E-state index in [2.05, 4.69) is 15.6 Å². The smallest absolute Gasteiger partial charge is 0.274 e. The fraction of sp³-hybridized carbons (Fsp3) is 0.0952. The number of hydrogen-bond donors (Lipinski definition) is 2. The molecule has 0 saturated heterocycles. The maximum atomic E-state index is 13.2. The van der Waals surface area contributed by atoms with E-state index in [0.29, 0.717) is 29.2 Å². The summed E-state index contributed by atoms with van der Waals surface area (Å²) in [6.45, 7) is 0.423. The topological polar surface area (TPSA) is 71.1 Å². The quantitative estimate of drug-likeness (QED) is 0.657. The Hall–Kier alpha value is -3.25. The molecule has 1 aromatic heterocycles. The molecule has 5 nitrogen and oxygen atoms in total. The van der Waals surface area contributed by atoms with Crippen LogP contribution < -0.4 is 10.6 Å². The lowest BCUT2D eigenvalue weighted by Crippen LogP contribution is -2.26. The van der Waals surface area contributed by atoms with Crippen molar-refractivity contribution in [3.63, 3.8) is 0 Å². The third kappa shape index (κ3) is 5.37. The van der Waals surface area contributed by atoms with Gasteiger partial charge in [0.25, 0.3) is 11.8 Å². The number of anilines is 1. The number of carbonyl (C=O) groups is 2. The SMILES string of the molecule is O=C(NCCc1cccc(Cl)c1)c1ccnc(C(=O)Nc2cccc(F)c2)c1. The van der Waals surface area contributed by atoms with Crippen LogP contribution in [0.4, 0.5) is 10.1 Å². The van der Waals surface area contributed by atoms with Crippen LogP contribution in [-0.2, 0) is 6.42 Å². The Morgan fingerprint density at radius 1 is 1.00 bits per heavy atom. The van der Waals surface area contributed by atoms with Crippen molar-refractivity contribution in [2.45, 2.75) is 6.42 Å². The summed E-state index contributed by atoms with van der Waals surface area (Å²) in [6, 6.07) is 15.9. The van der Waals surface area contributed by atoms with Gasteiger partial charge in [0.1, 0.15) is 11.5 Å². The molecule has 0 saturated carbocycles. The van der Waals surface area contributed by atoms with Crippen molar-refractivity contribution in [2.24, 2.45) is 0 Å². The predicted molar refractivity (Wildman–Crippen MR) is 106 cm³/mol. The zero-order valence-electron chi connectivity index (χ0n) is 14.8. The van der Waals surface area contributed by atoms with E-state index in [1.54, 1.807) is 12.1 Å². The minimum Gasteiger partial charge on any atom is -0.352 e. The molecule has 0 aliphatic carbocycles. The highest BCUT2D eigenvalue weighted by molar-refractivity contribution is 6.30. The van der Waals surface area contributed by atoms with E-state index in [1.807, 2.05) is 18.2 Å². The Bertz CT molecular complexity index is 1010. The first-order chi connectivity index (χ1) is 13.5. The highest BCUT2D eigenvalue weighted by Crippen LogP contribution is 2.12. The molecule has 0 fully saturated rings. The summed E-state index contributed by atoms with van der Waals surface area (Å²) < 4.78 is 13.2. The maximum Gasteiger partial charge on any atom is 0.274 e. The summed E-state index contributed by atoms with van der Waals surface area (Å²) >= 11 is 5.94. The van der Waals surface area contributed by atoms with Gasteiger partial charge in [0, 0.05) is 29.0 Å². The third-order valence-electron chi connectivity index (χ3n) is 3.93. The van der Waals surface area contributed by atoms with E-state index < -0.39 is 11.7 Å². The summed E-state index contributed by atoms with van der Waals surface area (Å²) in [5.74, 6) is -1.30. The Balaban J connectivity index is 1.60. The van der Waals surface area contributed by atoms with Crippen LogP contribution in [0.2, 0.25) is 5.02 Å². The van der Waals surface area contributed by atoms with Gasteiger partial charge < -0.3 is 10.6 Å². The van der Waals surface area contributed by atoms with E-state index in [1.165, 1.54) is 36.5 Å². The second-order valence-corrected chi connectivity index (χ2v) is 6.47. The van der Waals surface area contributed by atoms with E-state index in [0.717, 1.165) is 5.56 Å². The lowest BCUT2D eigenvalue weighted by atomic mass is 10.1. The molecule has 0 aliphatic rings. The average molecular weight is 398 g/mol. The molecule has 0 bridgehead atoms. The Labute approximate surface area is 166 Å². The Kier molecular flexibility index (Phi) is 6.34. The number of carbonyl (C=O) groups excluding carboxylic acids is 2. The molecular formula is C21H17ClFN3O2. The molecule has 0 aliphatic heterocycles. The van der Waals surface area contributed by atoms with Crippen LogP contribution in [0.3, 0.4) is 0 Å². The normalized spacial score (nSPS) is 10.4. The number of amides is 2. The van der Waals surface area contributed by atoms with Gasteiger partial charge in [-0.25, -0.2) is 4.39 Å². The first-order valence-electron chi connectivity index (χ1n) is 8.57. The molecule has 1 heterocycles. The van der Waals surface area contributed by atoms with Crippen molar-refractivity contribution in [2.75, 3.05) is 11.9 Å². The third-order valence-corrected chi connectivity index (χ3v) is 4.16. The number of halogens is 2. The molecule has 2 N–H and O–H groups in total. The fourth-order valence-corrected chi connectivity index (χ4v) is 2.79. The standard InChI is InChI=1S/C21H17ClFN3O2/c22-16-4-1-3-14(11-16)7-9-25-20(27)15-8-10-24-19(12-15)21(28)26-18-6-2-5-17(23)13-18/h1-6,8,10-13H,7,9H2,(H,25,27)(H,26,28). The van der Waals surface area contributed by atoms with Gasteiger partial charge in [-0.1, -0.05) is 29.8 Å². The fourth-order valence-electron chi connectivity index (χ4n) is 2.57. The van der Waals surface area contributed by atoms with Crippen molar-refractivity contribution >= 4 is 29.1 Å². The molecule has 0 spiro atoms. The van der Waals surface area contributed by atoms with E-state index >= 15 is 0 Å². The number of nitrogens with zero attached hydrogens (tertiary/aromatic N) is 1. The highest BCUT2D eigenvalue weighted by atomic mass is 35.5. The van der Waals surface area contributed by atoms with Gasteiger partial charge >= 0.3 is 0 Å². The molecule has 142 valence electrons. The zero-order valence-corrected chi connectivity index (χ0v) is 15.5. The predicted octanol–water partition coefficient (Wildman–Crippen LogP) is 4.10. The van der Waals surface area contributed by atoms with E-state index in [4.69, 9.17) is 11.6 Å². The minimum atomic E-state index is -0.529. The van der Waals surface area contributed by atoms with Gasteiger partial charge in [0.05, 0.1) is 0 Å². The van der Waals surface area contributed by atoms with E-state index in [-0.39, 0.29) is 11.6 Å². The highest BCUT2D eigenvalue weighted by Gasteiger charge is 2.12. The number of hydrogen-bond acceptors (Lipinski definition) is 3. The first kappa shape index (κ1) is 19.5. The van der Waals surface area contributed by atoms with E-state index in [9.17, 15) is 14.0 Å². The molecule has 2 amide bonds. The van der Waals surface area contributed by atoms with Gasteiger partial charge in [-0.15, -0.1) is 0 Å². The summed E-state index contributed by atoms with van der Waals surface area (Å²) in [6.07, 6.45) is 2.01. The zero-order chi connectivity index (χ0) is 19.9. The van der Waals surface area contributed by atoms with Crippen molar-refractivity contribution in [3.8, 4) is 0 Å². The summed E-state index contributed by atoms with van der Waals surface area (Å²) in [4.78, 5) is 28.6. The summed E-state index contributed by atoms with van der Waals surface area (Å²) in [5, 5.41) is 5.99. The van der Waals surface area contributed by atoms with Crippen LogP contribution in [-0.4, -0.2) is 23.3 Å². The molecule has 0 unspecified atom stereocenters. The Morgan fingerprint density at radius 3 is 2.61 bits per heavy atom. The lowest BCUT2D eigenvalue weighted by Gasteiger charge is -2.08. The van der Waals surface area contributed by atoms with Crippen molar-refractivity contribution in [1.29, 1.82) is 0 Å². The summed E-state index contributed by atoms with van der Waals surface area (Å²) in [5.41, 5.74) is 1.69. The van der Waals surface area contributed by atoms with Crippen LogP contribution >= 0.6 is 11.6 Å². The van der Waals surface area contributed by atoms with Crippen molar-refractivity contribution in [3.05, 3.63) is 94.5 Å². The Morgan fingerprint density at radius 2 is 1.82 bits per heavy atom. The molecule has 0 atom stereocenters. The molecule has 2 aromatic carbocycles. The van der Waals surface area contributed by atoms with Crippen LogP contribution in [0.5, 0.6) is 0 Å². The minimum absolute atomic E-state index is 0.0618. The molecule has 0 radical (unpaired) electrons. The monoisotopic (exact) mass is 397 g/mol. The largest absolute Gasteiger partial charge is 0.352 e. The molecular weight excluding hydrogens is 381 g/mol. The molecule has 3 aromatic rings. The molecule has 7 heteroatoms. The van der Waals surface area contributed by atoms with Gasteiger partial charge in [-0.05, 0) is 54.4 Å². The summed E-state index contributed by atoms with van der Waals surface area (Å²) in [7, 11) is 0. The maximum absolute atomic E-state index is 13.2. The van der Waals surface area contributed by atoms with Crippen molar-refractivity contribution < 1.29 is 14.0 Å². The number of benzene rings is 2. The van der Waals surface area contributed by atoms with Gasteiger partial charge in [0.2, 0.25) is 0 Å². The van der Waals surface area contributed by atoms with Gasteiger partial charge in [0.15, 0.2) is 0 Å². The second-order valence-electron chi connectivity index (χ2n) is 6.03. The number of aromatic nitrogens is 1.